The molecule has 0 unspecified atom stereocenters. The van der Waals surface area contributed by atoms with Gasteiger partial charge >= 0.3 is 0 Å². The molecule has 0 atom stereocenters. The molecule has 1 rings (SSSR count). The Bertz CT molecular complexity index is 114. The van der Waals surface area contributed by atoms with Gasteiger partial charge in [-0.25, -0.2) is 0 Å². The number of nitrogens with zero attached hydrogens (tertiary/aromatic N) is 1. The maximum absolute atomic E-state index is 3.45. The number of hydrogen-bond acceptors (Lipinski definition) is 1. The molecule has 3 heteroatoms. The summed E-state index contributed by atoms with van der Waals surface area (Å²) in [4.78, 5) is 2.30. The first-order chi connectivity index (χ1) is 3.79. The molecule has 0 aromatic heterocycles. The van der Waals surface area contributed by atoms with Crippen LogP contribution in [-0.2, 0) is 0 Å². The Kier molecular flexibility index (Phi) is 4.54. The lowest BCUT2D eigenvalue weighted by Crippen LogP contribution is -2.22. The maximum atomic E-state index is 3.45. The summed E-state index contributed by atoms with van der Waals surface area (Å²) in [5, 5.41) is 0. The summed E-state index contributed by atoms with van der Waals surface area (Å²) in [5.41, 5.74) is 0. The van der Waals surface area contributed by atoms with Crippen LogP contribution in [-0.4, -0.2) is 25.0 Å². The number of rotatable bonds is 0. The molecule has 1 heterocycles. The molecule has 0 fully saturated rings. The van der Waals surface area contributed by atoms with Crippen molar-refractivity contribution in [3.63, 3.8) is 0 Å². The molecule has 0 aromatic rings. The van der Waals surface area contributed by atoms with Crippen LogP contribution in [0.25, 0.3) is 0 Å². The summed E-state index contributed by atoms with van der Waals surface area (Å²) in [6, 6.07) is 0. The van der Waals surface area contributed by atoms with Gasteiger partial charge in [-0.1, -0.05) is 22.0 Å². The average Bonchev–Trinajstić information content (AvgIpc) is 1.77. The summed E-state index contributed by atoms with van der Waals surface area (Å²) >= 11 is 3.45. The van der Waals surface area contributed by atoms with Crippen LogP contribution >= 0.6 is 28.3 Å². The zero-order valence-electron chi connectivity index (χ0n) is 5.43. The molecule has 9 heavy (non-hydrogen) atoms. The van der Waals surface area contributed by atoms with E-state index in [-0.39, 0.29) is 12.4 Å². The number of halogens is 2. The second-order valence-corrected chi connectivity index (χ2v) is 3.18. The minimum atomic E-state index is 0. The van der Waals surface area contributed by atoms with Gasteiger partial charge < -0.3 is 4.90 Å². The molecule has 0 spiro atoms. The molecule has 0 saturated carbocycles. The number of likely N-dealkylation sites (N-methyl/N-ethyl adjacent to an activating group) is 1. The summed E-state index contributed by atoms with van der Waals surface area (Å²) in [6.45, 7) is 2.29. The van der Waals surface area contributed by atoms with Gasteiger partial charge in [-0.05, 0) is 18.0 Å². The Morgan fingerprint density at radius 3 is 2.67 bits per heavy atom. The van der Waals surface area contributed by atoms with E-state index in [9.17, 15) is 0 Å². The Morgan fingerprint density at radius 2 is 2.33 bits per heavy atom. The van der Waals surface area contributed by atoms with Gasteiger partial charge in [-0.3, -0.25) is 0 Å². The molecule has 0 aromatic carbocycles. The summed E-state index contributed by atoms with van der Waals surface area (Å²) in [7, 11) is 2.13. The van der Waals surface area contributed by atoms with Gasteiger partial charge in [0.25, 0.3) is 0 Å². The highest BCUT2D eigenvalue weighted by atomic mass is 79.9. The Balaban J connectivity index is 0.000000640. The van der Waals surface area contributed by atoms with E-state index >= 15 is 0 Å². The molecule has 0 saturated heterocycles. The van der Waals surface area contributed by atoms with Gasteiger partial charge in [0, 0.05) is 13.1 Å². The highest BCUT2D eigenvalue weighted by Gasteiger charge is 2.02. The molecule has 1 aliphatic heterocycles. The smallest absolute Gasteiger partial charge is 0.0171 e. The van der Waals surface area contributed by atoms with Crippen molar-refractivity contribution in [2.75, 3.05) is 20.1 Å². The van der Waals surface area contributed by atoms with E-state index in [2.05, 4.69) is 34.0 Å². The third-order valence-electron chi connectivity index (χ3n) is 1.36. The molecule has 54 valence electrons. The molecule has 0 bridgehead atoms. The van der Waals surface area contributed by atoms with E-state index in [1.165, 1.54) is 17.4 Å². The van der Waals surface area contributed by atoms with E-state index in [4.69, 9.17) is 0 Å². The first-order valence-electron chi connectivity index (χ1n) is 2.82. The van der Waals surface area contributed by atoms with Crippen LogP contribution in [0.15, 0.2) is 10.6 Å². The summed E-state index contributed by atoms with van der Waals surface area (Å²) < 4.78 is 1.36. The average molecular weight is 213 g/mol. The van der Waals surface area contributed by atoms with Crippen molar-refractivity contribution >= 4 is 28.3 Å². The second kappa shape index (κ2) is 4.31. The van der Waals surface area contributed by atoms with Crippen LogP contribution in [0.4, 0.5) is 0 Å². The Morgan fingerprint density at radius 1 is 1.67 bits per heavy atom. The molecular formula is C6H11BrClN. The summed E-state index contributed by atoms with van der Waals surface area (Å²) in [5.74, 6) is 0. The van der Waals surface area contributed by atoms with E-state index in [0.29, 0.717) is 0 Å². The van der Waals surface area contributed by atoms with Crippen LogP contribution in [0.5, 0.6) is 0 Å². The minimum absolute atomic E-state index is 0. The van der Waals surface area contributed by atoms with Crippen LogP contribution in [0.3, 0.4) is 0 Å². The predicted octanol–water partition coefficient (Wildman–Crippen LogP) is 2.02. The van der Waals surface area contributed by atoms with Crippen molar-refractivity contribution in [1.29, 1.82) is 0 Å². The van der Waals surface area contributed by atoms with E-state index in [1.807, 2.05) is 0 Å². The molecule has 0 aliphatic carbocycles. The zero-order valence-corrected chi connectivity index (χ0v) is 7.83. The lowest BCUT2D eigenvalue weighted by Gasteiger charge is -2.18. The van der Waals surface area contributed by atoms with E-state index in [1.54, 1.807) is 0 Å². The van der Waals surface area contributed by atoms with Crippen LogP contribution in [0.1, 0.15) is 6.42 Å². The van der Waals surface area contributed by atoms with Gasteiger partial charge in [-0.15, -0.1) is 12.4 Å². The Hall–Kier alpha value is 0.470. The molecule has 1 aliphatic rings. The highest BCUT2D eigenvalue weighted by molar-refractivity contribution is 9.11. The maximum Gasteiger partial charge on any atom is 0.0171 e. The quantitative estimate of drug-likeness (QED) is 0.594. The van der Waals surface area contributed by atoms with Gasteiger partial charge in [-0.2, -0.15) is 0 Å². The SMILES string of the molecule is CN1CC=C(Br)CC1.Cl. The minimum Gasteiger partial charge on any atom is -0.302 e. The predicted molar refractivity (Wildman–Crippen MR) is 46.4 cm³/mol. The topological polar surface area (TPSA) is 3.24 Å². The van der Waals surface area contributed by atoms with E-state index in [0.717, 1.165) is 6.54 Å². The molecule has 1 nitrogen and oxygen atoms in total. The van der Waals surface area contributed by atoms with Crippen molar-refractivity contribution in [3.05, 3.63) is 10.6 Å². The van der Waals surface area contributed by atoms with Gasteiger partial charge in [0.2, 0.25) is 0 Å². The molecule has 0 radical (unpaired) electrons. The monoisotopic (exact) mass is 211 g/mol. The van der Waals surface area contributed by atoms with Crippen molar-refractivity contribution in [2.24, 2.45) is 0 Å². The van der Waals surface area contributed by atoms with Crippen molar-refractivity contribution < 1.29 is 0 Å². The third-order valence-corrected chi connectivity index (χ3v) is 2.08. The van der Waals surface area contributed by atoms with Gasteiger partial charge in [0.15, 0.2) is 0 Å². The van der Waals surface area contributed by atoms with Crippen LogP contribution in [0.2, 0.25) is 0 Å². The molecular weight excluding hydrogens is 201 g/mol. The largest absolute Gasteiger partial charge is 0.302 e. The van der Waals surface area contributed by atoms with Crippen LogP contribution < -0.4 is 0 Å². The Labute approximate surface area is 70.6 Å². The third kappa shape index (κ3) is 3.23. The van der Waals surface area contributed by atoms with E-state index < -0.39 is 0 Å². The van der Waals surface area contributed by atoms with Crippen molar-refractivity contribution in [3.8, 4) is 0 Å². The summed E-state index contributed by atoms with van der Waals surface area (Å²) in [6.07, 6.45) is 3.39. The van der Waals surface area contributed by atoms with Crippen LogP contribution in [0, 0.1) is 0 Å². The molecule has 0 amide bonds. The fourth-order valence-corrected chi connectivity index (χ4v) is 1.07. The van der Waals surface area contributed by atoms with Gasteiger partial charge in [0.05, 0.1) is 0 Å². The zero-order chi connectivity index (χ0) is 5.98. The second-order valence-electron chi connectivity index (χ2n) is 2.16. The number of hydrogen-bond donors (Lipinski definition) is 0. The molecule has 0 N–H and O–H groups in total. The lowest BCUT2D eigenvalue weighted by molar-refractivity contribution is 0.364. The highest BCUT2D eigenvalue weighted by Crippen LogP contribution is 2.14. The standard InChI is InChI=1S/C6H10BrN.ClH/c1-8-4-2-6(7)3-5-8;/h2H,3-5H2,1H3;1H. The van der Waals surface area contributed by atoms with Crippen molar-refractivity contribution in [2.45, 2.75) is 6.42 Å². The fourth-order valence-electron chi connectivity index (χ4n) is 0.746. The lowest BCUT2D eigenvalue weighted by atomic mass is 10.3. The first kappa shape index (κ1) is 9.47. The normalized spacial score (nSPS) is 20.4. The van der Waals surface area contributed by atoms with Gasteiger partial charge in [0.1, 0.15) is 0 Å². The fraction of sp³-hybridized carbons (Fsp3) is 0.667. The van der Waals surface area contributed by atoms with Crippen molar-refractivity contribution in [1.82, 2.24) is 4.90 Å². The first-order valence-corrected chi connectivity index (χ1v) is 3.61.